The van der Waals surface area contributed by atoms with Crippen LogP contribution >= 0.6 is 0 Å². The third kappa shape index (κ3) is 1.90. The summed E-state index contributed by atoms with van der Waals surface area (Å²) >= 11 is 0. The number of aliphatic hydroxyl groups excluding tert-OH is 1. The molecular formula is C10H11FO4S. The molecule has 0 unspecified atom stereocenters. The Labute approximate surface area is 92.6 Å². The van der Waals surface area contributed by atoms with Crippen LogP contribution in [0, 0.1) is 5.82 Å². The van der Waals surface area contributed by atoms with E-state index in [-0.39, 0.29) is 22.8 Å². The second-order valence-corrected chi connectivity index (χ2v) is 5.72. The Kier molecular flexibility index (Phi) is 2.63. The molecule has 1 aliphatic heterocycles. The van der Waals surface area contributed by atoms with Gasteiger partial charge < -0.3 is 9.84 Å². The molecule has 1 aromatic carbocycles. The maximum atomic E-state index is 13.2. The van der Waals surface area contributed by atoms with Crippen molar-refractivity contribution in [2.24, 2.45) is 0 Å². The van der Waals surface area contributed by atoms with E-state index in [1.165, 1.54) is 0 Å². The van der Waals surface area contributed by atoms with Gasteiger partial charge in [-0.25, -0.2) is 12.8 Å². The molecule has 0 amide bonds. The van der Waals surface area contributed by atoms with Crippen LogP contribution in [-0.4, -0.2) is 26.4 Å². The fourth-order valence-electron chi connectivity index (χ4n) is 1.75. The van der Waals surface area contributed by atoms with Gasteiger partial charge in [-0.1, -0.05) is 0 Å². The van der Waals surface area contributed by atoms with Crippen LogP contribution in [0.5, 0.6) is 5.75 Å². The summed E-state index contributed by atoms with van der Waals surface area (Å²) in [5, 5.41) is 9.73. The molecular weight excluding hydrogens is 235 g/mol. The number of benzene rings is 1. The molecule has 0 aromatic heterocycles. The largest absolute Gasteiger partial charge is 0.493 e. The predicted molar refractivity (Wildman–Crippen MR) is 54.6 cm³/mol. The molecule has 0 aliphatic carbocycles. The van der Waals surface area contributed by atoms with Crippen molar-refractivity contribution in [2.75, 3.05) is 12.9 Å². The number of ether oxygens (including phenoxy) is 1. The fraction of sp³-hybridized carbons (Fsp3) is 0.400. The first-order valence-corrected chi connectivity index (χ1v) is 6.63. The summed E-state index contributed by atoms with van der Waals surface area (Å²) in [6.45, 7) is 0.251. The Hall–Kier alpha value is -1.14. The zero-order valence-corrected chi connectivity index (χ0v) is 9.42. The summed E-state index contributed by atoms with van der Waals surface area (Å²) < 4.78 is 41.3. The maximum Gasteiger partial charge on any atom is 0.176 e. The lowest BCUT2D eigenvalue weighted by Gasteiger charge is -2.24. The molecule has 1 aromatic rings. The summed E-state index contributed by atoms with van der Waals surface area (Å²) in [6, 6.07) is 2.00. The average molecular weight is 246 g/mol. The lowest BCUT2D eigenvalue weighted by molar-refractivity contribution is 0.111. The van der Waals surface area contributed by atoms with Crippen molar-refractivity contribution in [3.05, 3.63) is 23.5 Å². The Bertz CT molecular complexity index is 524. The van der Waals surface area contributed by atoms with Crippen molar-refractivity contribution in [3.63, 3.8) is 0 Å². The van der Waals surface area contributed by atoms with Crippen LogP contribution in [0.1, 0.15) is 18.1 Å². The molecule has 1 heterocycles. The molecule has 2 rings (SSSR count). The van der Waals surface area contributed by atoms with Gasteiger partial charge in [-0.3, -0.25) is 0 Å². The average Bonchev–Trinajstić information content (AvgIpc) is 2.15. The van der Waals surface area contributed by atoms with Crippen LogP contribution < -0.4 is 4.74 Å². The highest BCUT2D eigenvalue weighted by Crippen LogP contribution is 2.37. The number of aliphatic hydroxyl groups is 1. The van der Waals surface area contributed by atoms with Crippen LogP contribution in [0.2, 0.25) is 0 Å². The van der Waals surface area contributed by atoms with E-state index in [1.54, 1.807) is 0 Å². The zero-order chi connectivity index (χ0) is 11.9. The second-order valence-electron chi connectivity index (χ2n) is 3.74. The standard InChI is InChI=1S/C10H11FO4S/c1-16(13,14)9-5-6(11)4-8-10(9)7(12)2-3-15-8/h4-5,7,12H,2-3H2,1H3/t7-/m0/s1. The number of hydrogen-bond acceptors (Lipinski definition) is 4. The molecule has 1 aliphatic rings. The monoisotopic (exact) mass is 246 g/mol. The first kappa shape index (κ1) is 11.3. The highest BCUT2D eigenvalue weighted by molar-refractivity contribution is 7.90. The van der Waals surface area contributed by atoms with E-state index < -0.39 is 21.8 Å². The summed E-state index contributed by atoms with van der Waals surface area (Å²) in [5.74, 6) is -0.576. The smallest absolute Gasteiger partial charge is 0.176 e. The van der Waals surface area contributed by atoms with Gasteiger partial charge in [0.05, 0.1) is 17.6 Å². The normalized spacial score (nSPS) is 20.1. The van der Waals surface area contributed by atoms with Gasteiger partial charge in [-0.15, -0.1) is 0 Å². The van der Waals surface area contributed by atoms with Crippen LogP contribution in [-0.2, 0) is 9.84 Å². The molecule has 4 nitrogen and oxygen atoms in total. The van der Waals surface area contributed by atoms with Crippen molar-refractivity contribution < 1.29 is 22.7 Å². The molecule has 0 spiro atoms. The first-order valence-electron chi connectivity index (χ1n) is 4.74. The fourth-order valence-corrected chi connectivity index (χ4v) is 2.71. The minimum absolute atomic E-state index is 0.110. The summed E-state index contributed by atoms with van der Waals surface area (Å²) in [5.41, 5.74) is 0.162. The second kappa shape index (κ2) is 3.71. The van der Waals surface area contributed by atoms with E-state index in [0.717, 1.165) is 18.4 Å². The quantitative estimate of drug-likeness (QED) is 0.804. The molecule has 0 saturated carbocycles. The zero-order valence-electron chi connectivity index (χ0n) is 8.60. The van der Waals surface area contributed by atoms with Crippen LogP contribution in [0.4, 0.5) is 4.39 Å². The number of fused-ring (bicyclic) bond motifs is 1. The first-order chi connectivity index (χ1) is 7.39. The Balaban J connectivity index is 2.74. The highest BCUT2D eigenvalue weighted by atomic mass is 32.2. The lowest BCUT2D eigenvalue weighted by Crippen LogP contribution is -2.17. The number of halogens is 1. The predicted octanol–water partition coefficient (Wildman–Crippen LogP) is 1.05. The van der Waals surface area contributed by atoms with Crippen molar-refractivity contribution in [3.8, 4) is 5.75 Å². The highest BCUT2D eigenvalue weighted by Gasteiger charge is 2.27. The van der Waals surface area contributed by atoms with Gasteiger partial charge in [0.1, 0.15) is 11.6 Å². The van der Waals surface area contributed by atoms with Crippen molar-refractivity contribution in [1.29, 1.82) is 0 Å². The number of hydrogen-bond donors (Lipinski definition) is 1. The van der Waals surface area contributed by atoms with E-state index in [1.807, 2.05) is 0 Å². The van der Waals surface area contributed by atoms with Crippen molar-refractivity contribution >= 4 is 9.84 Å². The van der Waals surface area contributed by atoms with Gasteiger partial charge in [-0.2, -0.15) is 0 Å². The van der Waals surface area contributed by atoms with Crippen LogP contribution in [0.3, 0.4) is 0 Å². The van der Waals surface area contributed by atoms with Gasteiger partial charge in [-0.05, 0) is 6.07 Å². The van der Waals surface area contributed by atoms with E-state index in [2.05, 4.69) is 0 Å². The minimum atomic E-state index is -3.58. The van der Waals surface area contributed by atoms with Crippen molar-refractivity contribution in [1.82, 2.24) is 0 Å². The molecule has 0 bridgehead atoms. The van der Waals surface area contributed by atoms with Gasteiger partial charge >= 0.3 is 0 Å². The van der Waals surface area contributed by atoms with Gasteiger partial charge in [0.15, 0.2) is 9.84 Å². The van der Waals surface area contributed by atoms with Gasteiger partial charge in [0, 0.05) is 24.3 Å². The maximum absolute atomic E-state index is 13.2. The van der Waals surface area contributed by atoms with E-state index in [0.29, 0.717) is 6.42 Å². The SMILES string of the molecule is CS(=O)(=O)c1cc(F)cc2c1[C@@H](O)CCO2. The summed E-state index contributed by atoms with van der Waals surface area (Å²) in [7, 11) is -3.58. The summed E-state index contributed by atoms with van der Waals surface area (Å²) in [6.07, 6.45) is 0.360. The molecule has 88 valence electrons. The molecule has 6 heteroatoms. The van der Waals surface area contributed by atoms with Crippen LogP contribution in [0.25, 0.3) is 0 Å². The number of sulfone groups is 1. The molecule has 16 heavy (non-hydrogen) atoms. The molecule has 0 saturated heterocycles. The Morgan fingerprint density at radius 1 is 1.50 bits per heavy atom. The molecule has 1 atom stereocenters. The third-order valence-corrected chi connectivity index (χ3v) is 3.59. The lowest BCUT2D eigenvalue weighted by atomic mass is 10.0. The summed E-state index contributed by atoms with van der Waals surface area (Å²) in [4.78, 5) is -0.199. The number of rotatable bonds is 1. The molecule has 1 N–H and O–H groups in total. The molecule has 0 radical (unpaired) electrons. The van der Waals surface area contributed by atoms with Gasteiger partial charge in [0.2, 0.25) is 0 Å². The van der Waals surface area contributed by atoms with Crippen molar-refractivity contribution in [2.45, 2.75) is 17.4 Å². The molecule has 0 fully saturated rings. The minimum Gasteiger partial charge on any atom is -0.493 e. The van der Waals surface area contributed by atoms with E-state index in [9.17, 15) is 17.9 Å². The van der Waals surface area contributed by atoms with Crippen LogP contribution in [0.15, 0.2) is 17.0 Å². The Morgan fingerprint density at radius 3 is 2.81 bits per heavy atom. The van der Waals surface area contributed by atoms with E-state index >= 15 is 0 Å². The Morgan fingerprint density at radius 2 is 2.19 bits per heavy atom. The third-order valence-electron chi connectivity index (χ3n) is 2.45. The topological polar surface area (TPSA) is 63.6 Å². The van der Waals surface area contributed by atoms with Gasteiger partial charge in [0.25, 0.3) is 0 Å². The van der Waals surface area contributed by atoms with E-state index in [4.69, 9.17) is 4.74 Å².